The quantitative estimate of drug-likeness (QED) is 0.864. The van der Waals surface area contributed by atoms with Gasteiger partial charge in [-0.25, -0.2) is 0 Å². The Morgan fingerprint density at radius 1 is 1.18 bits per heavy atom. The van der Waals surface area contributed by atoms with Crippen LogP contribution < -0.4 is 15.2 Å². The number of alkyl halides is 2. The second-order valence-corrected chi connectivity index (χ2v) is 4.67. The van der Waals surface area contributed by atoms with Gasteiger partial charge < -0.3 is 15.2 Å². The molecular weight excluding hydrogens is 228 g/mol. The van der Waals surface area contributed by atoms with E-state index in [1.165, 1.54) is 6.07 Å². The fourth-order valence-corrected chi connectivity index (χ4v) is 2.49. The van der Waals surface area contributed by atoms with E-state index in [4.69, 9.17) is 5.73 Å². The minimum atomic E-state index is -3.55. The van der Waals surface area contributed by atoms with Gasteiger partial charge in [-0.1, -0.05) is 12.5 Å². The average Bonchev–Trinajstić information content (AvgIpc) is 2.50. The third-order valence-corrected chi connectivity index (χ3v) is 3.72. The molecule has 0 spiro atoms. The predicted octanol–water partition coefficient (Wildman–Crippen LogP) is 2.39. The molecule has 1 heterocycles. The minimum absolute atomic E-state index is 0.0593. The van der Waals surface area contributed by atoms with Gasteiger partial charge in [0.15, 0.2) is 11.5 Å². The van der Waals surface area contributed by atoms with E-state index < -0.39 is 6.29 Å². The molecule has 0 amide bonds. The summed E-state index contributed by atoms with van der Waals surface area (Å²) in [6.45, 7) is 0.531. The molecule has 0 bridgehead atoms. The Morgan fingerprint density at radius 3 is 2.47 bits per heavy atom. The number of rotatable bonds is 2. The third-order valence-electron chi connectivity index (χ3n) is 3.72. The topological polar surface area (TPSA) is 44.5 Å². The number of benzene rings is 1. The van der Waals surface area contributed by atoms with Gasteiger partial charge in [0, 0.05) is 12.0 Å². The molecule has 5 heteroatoms. The summed E-state index contributed by atoms with van der Waals surface area (Å²) in [6.07, 6.45) is -0.419. The first-order chi connectivity index (χ1) is 8.05. The van der Waals surface area contributed by atoms with Crippen LogP contribution in [-0.2, 0) is 5.41 Å². The van der Waals surface area contributed by atoms with Gasteiger partial charge in [-0.05, 0) is 30.5 Å². The van der Waals surface area contributed by atoms with Crippen LogP contribution in [-0.4, -0.2) is 12.8 Å². The second kappa shape index (κ2) is 3.32. The number of hydrogen-bond donors (Lipinski definition) is 1. The fourth-order valence-electron chi connectivity index (χ4n) is 2.49. The lowest BCUT2D eigenvalue weighted by molar-refractivity contribution is -0.286. The van der Waals surface area contributed by atoms with Gasteiger partial charge in [-0.2, -0.15) is 0 Å². The zero-order valence-corrected chi connectivity index (χ0v) is 9.21. The van der Waals surface area contributed by atoms with E-state index in [0.29, 0.717) is 6.54 Å². The zero-order valence-electron chi connectivity index (χ0n) is 9.21. The van der Waals surface area contributed by atoms with Crippen molar-refractivity contribution in [3.8, 4) is 11.5 Å². The molecule has 0 radical (unpaired) electrons. The molecule has 1 saturated carbocycles. The Morgan fingerprint density at radius 2 is 1.88 bits per heavy atom. The van der Waals surface area contributed by atoms with Gasteiger partial charge in [-0.15, -0.1) is 8.78 Å². The van der Waals surface area contributed by atoms with E-state index in [1.54, 1.807) is 12.1 Å². The number of hydrogen-bond acceptors (Lipinski definition) is 3. The first-order valence-corrected chi connectivity index (χ1v) is 5.65. The van der Waals surface area contributed by atoms with E-state index >= 15 is 0 Å². The maximum absolute atomic E-state index is 12.9. The molecule has 0 atom stereocenters. The van der Waals surface area contributed by atoms with Gasteiger partial charge >= 0.3 is 6.29 Å². The summed E-state index contributed by atoms with van der Waals surface area (Å²) in [7, 11) is 0. The minimum Gasteiger partial charge on any atom is -0.395 e. The molecule has 1 aliphatic carbocycles. The molecule has 17 heavy (non-hydrogen) atoms. The largest absolute Gasteiger partial charge is 0.586 e. The highest BCUT2D eigenvalue weighted by molar-refractivity contribution is 5.47. The Labute approximate surface area is 97.5 Å². The van der Waals surface area contributed by atoms with Crippen LogP contribution in [0.3, 0.4) is 0 Å². The summed E-state index contributed by atoms with van der Waals surface area (Å²) < 4.78 is 34.6. The molecule has 1 fully saturated rings. The highest BCUT2D eigenvalue weighted by Gasteiger charge is 2.45. The Hall–Kier alpha value is -1.36. The van der Waals surface area contributed by atoms with Crippen LogP contribution in [0.25, 0.3) is 0 Å². The number of fused-ring (bicyclic) bond motifs is 1. The van der Waals surface area contributed by atoms with E-state index in [-0.39, 0.29) is 16.9 Å². The summed E-state index contributed by atoms with van der Waals surface area (Å²) in [6, 6.07) is 4.96. The molecule has 1 aliphatic heterocycles. The Bertz CT molecular complexity index is 452. The van der Waals surface area contributed by atoms with Crippen molar-refractivity contribution < 1.29 is 18.3 Å². The van der Waals surface area contributed by atoms with Crippen molar-refractivity contribution in [2.45, 2.75) is 31.0 Å². The lowest BCUT2D eigenvalue weighted by Gasteiger charge is -2.41. The second-order valence-electron chi connectivity index (χ2n) is 4.67. The molecule has 1 aromatic rings. The van der Waals surface area contributed by atoms with Crippen LogP contribution in [0.4, 0.5) is 8.78 Å². The van der Waals surface area contributed by atoms with E-state index in [1.807, 2.05) is 0 Å². The predicted molar refractivity (Wildman–Crippen MR) is 57.2 cm³/mol. The van der Waals surface area contributed by atoms with Gasteiger partial charge in [-0.3, -0.25) is 0 Å². The lowest BCUT2D eigenvalue weighted by Crippen LogP contribution is -2.41. The molecule has 3 rings (SSSR count). The van der Waals surface area contributed by atoms with Crippen LogP contribution in [0.2, 0.25) is 0 Å². The van der Waals surface area contributed by atoms with Gasteiger partial charge in [0.1, 0.15) is 0 Å². The van der Waals surface area contributed by atoms with Crippen molar-refractivity contribution in [1.29, 1.82) is 0 Å². The molecule has 92 valence electrons. The van der Waals surface area contributed by atoms with Crippen LogP contribution >= 0.6 is 0 Å². The van der Waals surface area contributed by atoms with E-state index in [9.17, 15) is 8.78 Å². The standard InChI is InChI=1S/C12H13F2NO2/c13-12(14)16-9-3-2-8(6-10(9)17-12)11(7-15)4-1-5-11/h2-3,6H,1,4-5,7,15H2. The summed E-state index contributed by atoms with van der Waals surface area (Å²) in [5.74, 6) is 0.192. The van der Waals surface area contributed by atoms with Crippen LogP contribution in [0.5, 0.6) is 11.5 Å². The third kappa shape index (κ3) is 1.57. The Kier molecular flexibility index (Phi) is 2.10. The number of nitrogens with two attached hydrogens (primary N) is 1. The van der Waals surface area contributed by atoms with E-state index in [2.05, 4.69) is 9.47 Å². The van der Waals surface area contributed by atoms with E-state index in [0.717, 1.165) is 24.8 Å². The summed E-state index contributed by atoms with van der Waals surface area (Å²) in [5.41, 5.74) is 6.68. The first-order valence-electron chi connectivity index (χ1n) is 5.65. The van der Waals surface area contributed by atoms with Crippen molar-refractivity contribution in [1.82, 2.24) is 0 Å². The van der Waals surface area contributed by atoms with Crippen molar-refractivity contribution in [2.24, 2.45) is 5.73 Å². The highest BCUT2D eigenvalue weighted by Crippen LogP contribution is 2.47. The number of halogens is 2. The summed E-state index contributed by atoms with van der Waals surface area (Å²) >= 11 is 0. The first kappa shape index (κ1) is 10.8. The molecule has 3 nitrogen and oxygen atoms in total. The van der Waals surface area contributed by atoms with Gasteiger partial charge in [0.25, 0.3) is 0 Å². The monoisotopic (exact) mass is 241 g/mol. The van der Waals surface area contributed by atoms with Gasteiger partial charge in [0.05, 0.1) is 0 Å². The highest BCUT2D eigenvalue weighted by atomic mass is 19.3. The molecule has 1 aromatic carbocycles. The van der Waals surface area contributed by atoms with Crippen molar-refractivity contribution in [3.63, 3.8) is 0 Å². The lowest BCUT2D eigenvalue weighted by atomic mass is 9.64. The maximum atomic E-state index is 12.9. The van der Waals surface area contributed by atoms with Crippen LogP contribution in [0.15, 0.2) is 18.2 Å². The van der Waals surface area contributed by atoms with Gasteiger partial charge in [0.2, 0.25) is 0 Å². The fraction of sp³-hybridized carbons (Fsp3) is 0.500. The normalized spacial score (nSPS) is 23.2. The molecule has 2 N–H and O–H groups in total. The van der Waals surface area contributed by atoms with Crippen molar-refractivity contribution in [2.75, 3.05) is 6.54 Å². The maximum Gasteiger partial charge on any atom is 0.586 e. The summed E-state index contributed by atoms with van der Waals surface area (Å²) in [5, 5.41) is 0. The number of ether oxygens (including phenoxy) is 2. The van der Waals surface area contributed by atoms with Crippen LogP contribution in [0.1, 0.15) is 24.8 Å². The smallest absolute Gasteiger partial charge is 0.395 e. The molecular formula is C12H13F2NO2. The average molecular weight is 241 g/mol. The SMILES string of the molecule is NCC1(c2ccc3c(c2)OC(F)(F)O3)CCC1. The van der Waals surface area contributed by atoms with Crippen molar-refractivity contribution in [3.05, 3.63) is 23.8 Å². The van der Waals surface area contributed by atoms with Crippen LogP contribution in [0, 0.1) is 0 Å². The van der Waals surface area contributed by atoms with Crippen molar-refractivity contribution >= 4 is 0 Å². The molecule has 0 saturated heterocycles. The Balaban J connectivity index is 1.96. The molecule has 2 aliphatic rings. The molecule has 0 unspecified atom stereocenters. The summed E-state index contributed by atoms with van der Waals surface area (Å²) in [4.78, 5) is 0. The zero-order chi connectivity index (χ0) is 12.1. The molecule has 0 aromatic heterocycles.